The monoisotopic (exact) mass is 114 g/mol. The third-order valence-electron chi connectivity index (χ3n) is 1.08. The number of thioether (sulfide) groups is 1. The summed E-state index contributed by atoms with van der Waals surface area (Å²) in [4.78, 5) is 0. The van der Waals surface area contributed by atoms with Gasteiger partial charge in [-0.2, -0.15) is 11.8 Å². The molecule has 0 amide bonds. The molecule has 9 heavy (non-hydrogen) atoms. The molecule has 0 atom stereocenters. The predicted octanol–water partition coefficient (Wildman–Crippen LogP) is 1.90. The van der Waals surface area contributed by atoms with E-state index in [0.717, 1.165) is 0 Å². The van der Waals surface area contributed by atoms with Gasteiger partial charge < -0.3 is 0 Å². The van der Waals surface area contributed by atoms with E-state index < -0.39 is 0 Å². The van der Waals surface area contributed by atoms with Crippen LogP contribution in [0.25, 0.3) is 0 Å². The SMILES string of the molecule is C1CCSCC1.[He].[He].[He]. The summed E-state index contributed by atoms with van der Waals surface area (Å²) in [7, 11) is 0. The molecular formula is C5H10He3S. The summed E-state index contributed by atoms with van der Waals surface area (Å²) in [6.07, 6.45) is 4.41. The zero-order valence-electron chi connectivity index (χ0n) is 6.07. The van der Waals surface area contributed by atoms with Crippen molar-refractivity contribution in [3.8, 4) is 0 Å². The van der Waals surface area contributed by atoms with E-state index in [-0.39, 0.29) is 18.5 Å². The van der Waals surface area contributed by atoms with Crippen molar-refractivity contribution in [2.75, 3.05) is 11.5 Å². The minimum atomic E-state index is 0. The van der Waals surface area contributed by atoms with E-state index in [4.69, 9.17) is 0 Å². The van der Waals surface area contributed by atoms with Crippen LogP contribution in [0.5, 0.6) is 0 Å². The predicted molar refractivity (Wildman–Crippen MR) is 31.2 cm³/mol. The van der Waals surface area contributed by atoms with Gasteiger partial charge >= 0.3 is 0 Å². The van der Waals surface area contributed by atoms with Gasteiger partial charge in [-0.1, -0.05) is 6.42 Å². The fourth-order valence-corrected chi connectivity index (χ4v) is 1.71. The Bertz CT molecular complexity index is 27.7. The molecule has 0 aliphatic carbocycles. The standard InChI is InChI=1S/C5H10S.3He/c1-2-4-6-5-3-1;;;/h1-5H2;;;. The number of rotatable bonds is 0. The van der Waals surface area contributed by atoms with Crippen molar-refractivity contribution in [3.05, 3.63) is 0 Å². The van der Waals surface area contributed by atoms with Gasteiger partial charge in [0.15, 0.2) is 0 Å². The first kappa shape index (κ1) is 16.0. The summed E-state index contributed by atoms with van der Waals surface area (Å²) in [6.45, 7) is 0. The molecule has 0 unspecified atom stereocenters. The molecule has 42 valence electrons. The van der Waals surface area contributed by atoms with Crippen molar-refractivity contribution in [2.45, 2.75) is 19.3 Å². The van der Waals surface area contributed by atoms with Crippen molar-refractivity contribution in [2.24, 2.45) is 0 Å². The molecule has 0 nitrogen and oxygen atoms in total. The summed E-state index contributed by atoms with van der Waals surface area (Å²) in [5.74, 6) is 2.83. The zero-order valence-corrected chi connectivity index (χ0v) is 6.88. The van der Waals surface area contributed by atoms with Crippen LogP contribution in [0.3, 0.4) is 0 Å². The van der Waals surface area contributed by atoms with Crippen molar-refractivity contribution in [1.29, 1.82) is 0 Å². The molecule has 0 aromatic carbocycles. The van der Waals surface area contributed by atoms with Crippen molar-refractivity contribution >= 4 is 11.8 Å². The molecule has 0 saturated carbocycles. The molecule has 0 spiro atoms. The van der Waals surface area contributed by atoms with Crippen molar-refractivity contribution in [1.82, 2.24) is 0 Å². The number of hydrogen-bond donors (Lipinski definition) is 0. The van der Waals surface area contributed by atoms with Gasteiger partial charge in [0.25, 0.3) is 0 Å². The average Bonchev–Trinajstić information content (AvgIpc) is 1.72. The van der Waals surface area contributed by atoms with Gasteiger partial charge in [0.2, 0.25) is 0 Å². The third kappa shape index (κ3) is 8.08. The van der Waals surface area contributed by atoms with Crippen LogP contribution in [-0.4, -0.2) is 11.5 Å². The van der Waals surface area contributed by atoms with Gasteiger partial charge in [-0.3, -0.25) is 0 Å². The first-order valence-corrected chi connectivity index (χ1v) is 3.73. The molecule has 1 fully saturated rings. The van der Waals surface area contributed by atoms with E-state index in [1.165, 1.54) is 30.8 Å². The maximum Gasteiger partial charge on any atom is 0 e. The molecule has 1 heterocycles. The van der Waals surface area contributed by atoms with Crippen molar-refractivity contribution in [3.63, 3.8) is 0 Å². The molecule has 1 rings (SSSR count). The fraction of sp³-hybridized carbons (Fsp3) is 1.00. The van der Waals surface area contributed by atoms with E-state index in [1.54, 1.807) is 0 Å². The normalized spacial score (nSPS) is 16.0. The summed E-state index contributed by atoms with van der Waals surface area (Å²) in [5, 5.41) is 0. The molecule has 0 radical (unpaired) electrons. The van der Waals surface area contributed by atoms with Crippen LogP contribution >= 0.6 is 11.8 Å². The quantitative estimate of drug-likeness (QED) is 0.463. The van der Waals surface area contributed by atoms with Gasteiger partial charge in [0.05, 0.1) is 0 Å². The molecule has 4 heteroatoms. The second-order valence-corrected chi connectivity index (χ2v) is 2.90. The molecule has 1 saturated heterocycles. The van der Waals surface area contributed by atoms with E-state index in [9.17, 15) is 0 Å². The van der Waals surface area contributed by atoms with Crippen LogP contribution in [0, 0.1) is 18.5 Å². The van der Waals surface area contributed by atoms with Crippen molar-refractivity contribution < 1.29 is 18.5 Å². The van der Waals surface area contributed by atoms with E-state index in [2.05, 4.69) is 11.8 Å². The van der Waals surface area contributed by atoms with Crippen LogP contribution in [0.2, 0.25) is 0 Å². The molecule has 1 aliphatic rings. The summed E-state index contributed by atoms with van der Waals surface area (Å²) in [5.41, 5.74) is 0. The summed E-state index contributed by atoms with van der Waals surface area (Å²) < 4.78 is 0. The zero-order chi connectivity index (χ0) is 4.24. The second-order valence-electron chi connectivity index (χ2n) is 1.67. The van der Waals surface area contributed by atoms with Crippen LogP contribution < -0.4 is 0 Å². The van der Waals surface area contributed by atoms with Crippen LogP contribution in [0.1, 0.15) is 19.3 Å². The molecule has 1 aliphatic heterocycles. The Labute approximate surface area is 61.7 Å². The van der Waals surface area contributed by atoms with Gasteiger partial charge in [-0.05, 0) is 24.3 Å². The summed E-state index contributed by atoms with van der Waals surface area (Å²) in [6, 6.07) is 0. The Kier molecular flexibility index (Phi) is 19.5. The van der Waals surface area contributed by atoms with Gasteiger partial charge in [-0.15, -0.1) is 0 Å². The van der Waals surface area contributed by atoms with Gasteiger partial charge in [-0.25, -0.2) is 0 Å². The van der Waals surface area contributed by atoms with Crippen LogP contribution in [-0.2, 0) is 0 Å². The van der Waals surface area contributed by atoms with Gasteiger partial charge in [0.1, 0.15) is 0 Å². The van der Waals surface area contributed by atoms with E-state index in [1.807, 2.05) is 0 Å². The van der Waals surface area contributed by atoms with Crippen LogP contribution in [0.4, 0.5) is 0 Å². The van der Waals surface area contributed by atoms with E-state index >= 15 is 0 Å². The molecule has 0 aromatic heterocycles. The fourth-order valence-electron chi connectivity index (χ4n) is 0.687. The maximum atomic E-state index is 2.09. The average molecular weight is 114 g/mol. The minimum Gasteiger partial charge on any atom is -0.162 e. The topological polar surface area (TPSA) is 0 Å². The van der Waals surface area contributed by atoms with E-state index in [0.29, 0.717) is 0 Å². The smallest absolute Gasteiger partial charge is 0 e. The Morgan fingerprint density at radius 3 is 1.22 bits per heavy atom. The molecule has 0 bridgehead atoms. The third-order valence-corrected chi connectivity index (χ3v) is 2.23. The van der Waals surface area contributed by atoms with Crippen LogP contribution in [0.15, 0.2) is 0 Å². The summed E-state index contributed by atoms with van der Waals surface area (Å²) >= 11 is 2.09. The first-order valence-electron chi connectivity index (χ1n) is 2.58. The Balaban J connectivity index is -0.000000120. The Morgan fingerprint density at radius 2 is 1.11 bits per heavy atom. The minimum absolute atomic E-state index is 0. The molecular weight excluding hydrogens is 104 g/mol. The maximum absolute atomic E-state index is 2.09. The first-order chi connectivity index (χ1) is 3.00. The largest absolute Gasteiger partial charge is 0.162 e. The molecule has 0 aromatic rings. The Hall–Kier alpha value is 0.0773. The Morgan fingerprint density at radius 1 is 0.667 bits per heavy atom. The second kappa shape index (κ2) is 11.0. The molecule has 0 N–H and O–H groups in total. The number of hydrogen-bond acceptors (Lipinski definition) is 1. The van der Waals surface area contributed by atoms with Gasteiger partial charge in [0, 0.05) is 18.5 Å².